The van der Waals surface area contributed by atoms with Crippen molar-refractivity contribution in [1.82, 2.24) is 9.97 Å². The molecular weight excluding hydrogens is 325 g/mol. The third-order valence-corrected chi connectivity index (χ3v) is 5.34. The molecule has 0 saturated carbocycles. The van der Waals surface area contributed by atoms with Crippen molar-refractivity contribution in [2.24, 2.45) is 5.92 Å². The Bertz CT molecular complexity index is 982. The predicted octanol–water partition coefficient (Wildman–Crippen LogP) is 5.54. The largest absolute Gasteiger partial charge is 0.377 e. The summed E-state index contributed by atoms with van der Waals surface area (Å²) in [5, 5.41) is 4.35. The number of allylic oxidation sites excluding steroid dienone is 1. The van der Waals surface area contributed by atoms with Crippen LogP contribution in [0.4, 0.5) is 10.1 Å². The van der Waals surface area contributed by atoms with Crippen molar-refractivity contribution in [3.8, 4) is 0 Å². The van der Waals surface area contributed by atoms with Gasteiger partial charge in [-0.2, -0.15) is 0 Å². The van der Waals surface area contributed by atoms with E-state index in [1.807, 2.05) is 6.08 Å². The predicted molar refractivity (Wildman–Crippen MR) is 104 cm³/mol. The van der Waals surface area contributed by atoms with Crippen molar-refractivity contribution < 1.29 is 4.39 Å². The van der Waals surface area contributed by atoms with Gasteiger partial charge in [0.1, 0.15) is 17.2 Å². The summed E-state index contributed by atoms with van der Waals surface area (Å²) in [4.78, 5) is 8.54. The zero-order valence-electron chi connectivity index (χ0n) is 15.0. The van der Waals surface area contributed by atoms with Gasteiger partial charge in [0.25, 0.3) is 0 Å². The van der Waals surface area contributed by atoms with E-state index in [0.29, 0.717) is 28.6 Å². The second-order valence-corrected chi connectivity index (χ2v) is 7.08. The van der Waals surface area contributed by atoms with Crippen LogP contribution in [0.2, 0.25) is 0 Å². The molecule has 3 aromatic rings. The molecule has 2 aromatic carbocycles. The molecule has 1 N–H and O–H groups in total. The van der Waals surface area contributed by atoms with Crippen molar-refractivity contribution in [1.29, 1.82) is 0 Å². The molecule has 4 heteroatoms. The van der Waals surface area contributed by atoms with E-state index in [-0.39, 0.29) is 11.9 Å². The number of hydrogen-bond acceptors (Lipinski definition) is 3. The number of rotatable bonds is 3. The van der Waals surface area contributed by atoms with Crippen molar-refractivity contribution in [3.63, 3.8) is 0 Å². The number of nitrogens with one attached hydrogen (secondary N) is 1. The Hall–Kier alpha value is -2.75. The Morgan fingerprint density at radius 2 is 1.96 bits per heavy atom. The van der Waals surface area contributed by atoms with Crippen LogP contribution in [-0.2, 0) is 0 Å². The topological polar surface area (TPSA) is 37.8 Å². The second kappa shape index (κ2) is 6.52. The summed E-state index contributed by atoms with van der Waals surface area (Å²) in [5.74, 6) is 1.04. The van der Waals surface area contributed by atoms with Gasteiger partial charge in [0.15, 0.2) is 0 Å². The molecule has 1 heterocycles. The van der Waals surface area contributed by atoms with Crippen LogP contribution in [0.5, 0.6) is 0 Å². The van der Waals surface area contributed by atoms with Crippen LogP contribution < -0.4 is 5.32 Å². The van der Waals surface area contributed by atoms with Crippen molar-refractivity contribution in [2.45, 2.75) is 32.2 Å². The summed E-state index contributed by atoms with van der Waals surface area (Å²) in [6.45, 7) is 8.03. The summed E-state index contributed by atoms with van der Waals surface area (Å²) in [6.07, 6.45) is 4.78. The zero-order valence-corrected chi connectivity index (χ0v) is 15.0. The van der Waals surface area contributed by atoms with Crippen LogP contribution in [0.1, 0.15) is 42.3 Å². The van der Waals surface area contributed by atoms with Crippen LogP contribution in [0.15, 0.2) is 55.3 Å². The molecule has 0 radical (unpaired) electrons. The Morgan fingerprint density at radius 1 is 1.19 bits per heavy atom. The highest BCUT2D eigenvalue weighted by molar-refractivity contribution is 5.91. The maximum atomic E-state index is 14.2. The molecule has 0 bridgehead atoms. The first-order valence-electron chi connectivity index (χ1n) is 8.98. The Kier molecular flexibility index (Phi) is 4.19. The average Bonchev–Trinajstić information content (AvgIpc) is 2.65. The fourth-order valence-electron chi connectivity index (χ4n) is 4.01. The molecule has 1 aliphatic rings. The van der Waals surface area contributed by atoms with Crippen molar-refractivity contribution in [3.05, 3.63) is 78.0 Å². The van der Waals surface area contributed by atoms with E-state index in [9.17, 15) is 4.39 Å². The van der Waals surface area contributed by atoms with E-state index < -0.39 is 0 Å². The fraction of sp³-hybridized carbons (Fsp3) is 0.273. The maximum absolute atomic E-state index is 14.2. The van der Waals surface area contributed by atoms with E-state index in [2.05, 4.69) is 53.1 Å². The number of nitrogens with zero attached hydrogens (tertiary/aromatic N) is 2. The highest BCUT2D eigenvalue weighted by atomic mass is 19.1. The van der Waals surface area contributed by atoms with Gasteiger partial charge in [0.2, 0.25) is 0 Å². The molecule has 3 atom stereocenters. The molecule has 0 aliphatic heterocycles. The molecule has 3 nitrogen and oxygen atoms in total. The average molecular weight is 347 g/mol. The monoisotopic (exact) mass is 347 g/mol. The molecule has 26 heavy (non-hydrogen) atoms. The van der Waals surface area contributed by atoms with E-state index in [0.717, 1.165) is 12.1 Å². The number of aromatic nitrogens is 2. The van der Waals surface area contributed by atoms with Gasteiger partial charge in [-0.15, -0.1) is 6.58 Å². The summed E-state index contributed by atoms with van der Waals surface area (Å²) >= 11 is 0. The minimum atomic E-state index is -0.320. The van der Waals surface area contributed by atoms with Crippen molar-refractivity contribution >= 4 is 16.6 Å². The summed E-state index contributed by atoms with van der Waals surface area (Å²) in [6, 6.07) is 11.9. The molecule has 3 unspecified atom stereocenters. The van der Waals surface area contributed by atoms with Gasteiger partial charge in [-0.1, -0.05) is 37.3 Å². The highest BCUT2D eigenvalue weighted by Crippen LogP contribution is 2.43. The van der Waals surface area contributed by atoms with Gasteiger partial charge in [-0.3, -0.25) is 0 Å². The quantitative estimate of drug-likeness (QED) is 0.632. The summed E-state index contributed by atoms with van der Waals surface area (Å²) in [7, 11) is 0. The molecule has 0 amide bonds. The molecule has 132 valence electrons. The molecule has 0 spiro atoms. The Balaban J connectivity index is 1.79. The van der Waals surface area contributed by atoms with Crippen LogP contribution in [0, 0.1) is 18.7 Å². The van der Waals surface area contributed by atoms with Crippen LogP contribution in [0.25, 0.3) is 10.9 Å². The van der Waals surface area contributed by atoms with E-state index in [1.54, 1.807) is 19.2 Å². The lowest BCUT2D eigenvalue weighted by molar-refractivity contribution is 0.412. The molecule has 1 aliphatic carbocycles. The minimum absolute atomic E-state index is 0.150. The number of hydrogen-bond donors (Lipinski definition) is 1. The van der Waals surface area contributed by atoms with Gasteiger partial charge < -0.3 is 5.32 Å². The van der Waals surface area contributed by atoms with Crippen LogP contribution in [-0.4, -0.2) is 9.97 Å². The first kappa shape index (κ1) is 16.7. The van der Waals surface area contributed by atoms with Crippen LogP contribution >= 0.6 is 0 Å². The molecule has 0 fully saturated rings. The van der Waals surface area contributed by atoms with Crippen LogP contribution in [0.3, 0.4) is 0 Å². The maximum Gasteiger partial charge on any atom is 0.149 e. The first-order valence-corrected chi connectivity index (χ1v) is 8.98. The van der Waals surface area contributed by atoms with Gasteiger partial charge in [0, 0.05) is 23.2 Å². The number of benzene rings is 2. The number of halogens is 1. The zero-order chi connectivity index (χ0) is 18.3. The normalized spacial score (nSPS) is 22.0. The number of anilines is 1. The number of fused-ring (bicyclic) bond motifs is 2. The lowest BCUT2D eigenvalue weighted by atomic mass is 9.74. The highest BCUT2D eigenvalue weighted by Gasteiger charge is 2.31. The van der Waals surface area contributed by atoms with Crippen molar-refractivity contribution in [2.75, 3.05) is 5.32 Å². The minimum Gasteiger partial charge on any atom is -0.377 e. The van der Waals surface area contributed by atoms with Gasteiger partial charge in [-0.05, 0) is 42.5 Å². The summed E-state index contributed by atoms with van der Waals surface area (Å²) in [5.41, 5.74) is 3.83. The van der Waals surface area contributed by atoms with E-state index >= 15 is 0 Å². The van der Waals surface area contributed by atoms with E-state index in [1.165, 1.54) is 17.2 Å². The van der Waals surface area contributed by atoms with E-state index in [4.69, 9.17) is 0 Å². The number of aryl methyl sites for hydroxylation is 1. The smallest absolute Gasteiger partial charge is 0.149 e. The Labute approximate surface area is 153 Å². The lowest BCUT2D eigenvalue weighted by Gasteiger charge is -2.36. The standard InChI is InChI=1S/C22H22FN3/c1-4-15-11-13(2)21(17-8-6-5-7-16(15)17)26-20-10-9-19(23)22-18(20)12-24-14(3)25-22/h4-10,12-13,15,21,26H,1,11H2,2-3H3. The lowest BCUT2D eigenvalue weighted by Crippen LogP contribution is -2.27. The SMILES string of the molecule is C=CC1CC(C)C(Nc2ccc(F)c3nc(C)ncc23)c2ccccc21. The fourth-order valence-corrected chi connectivity index (χ4v) is 4.01. The van der Waals surface area contributed by atoms with Gasteiger partial charge in [0.05, 0.1) is 6.04 Å². The Morgan fingerprint density at radius 3 is 2.73 bits per heavy atom. The molecule has 0 saturated heterocycles. The molecular formula is C22H22FN3. The third-order valence-electron chi connectivity index (χ3n) is 5.34. The summed E-state index contributed by atoms with van der Waals surface area (Å²) < 4.78 is 14.2. The molecule has 4 rings (SSSR count). The van der Waals surface area contributed by atoms with Gasteiger partial charge >= 0.3 is 0 Å². The molecule has 1 aromatic heterocycles. The van der Waals surface area contributed by atoms with Gasteiger partial charge in [-0.25, -0.2) is 14.4 Å². The third kappa shape index (κ3) is 2.75. The first-order chi connectivity index (χ1) is 12.6. The second-order valence-electron chi connectivity index (χ2n) is 7.08.